The molecule has 0 radical (unpaired) electrons. The van der Waals surface area contributed by atoms with Crippen LogP contribution in [-0.4, -0.2) is 30.9 Å². The van der Waals surface area contributed by atoms with Crippen LogP contribution in [0.25, 0.3) is 0 Å². The Kier molecular flexibility index (Phi) is 4.30. The molecule has 0 saturated carbocycles. The van der Waals surface area contributed by atoms with Crippen LogP contribution in [0.2, 0.25) is 0 Å². The normalized spacial score (nSPS) is 13.4. The fourth-order valence-corrected chi connectivity index (χ4v) is 1.71. The summed E-state index contributed by atoms with van der Waals surface area (Å²) in [6.45, 7) is 10.1. The van der Waals surface area contributed by atoms with Gasteiger partial charge in [-0.3, -0.25) is 0 Å². The highest BCUT2D eigenvalue weighted by atomic mass is 32.2. The number of rotatable bonds is 4. The van der Waals surface area contributed by atoms with Crippen molar-refractivity contribution in [1.82, 2.24) is 4.98 Å². The van der Waals surface area contributed by atoms with Gasteiger partial charge in [-0.2, -0.15) is 0 Å². The molecule has 1 heterocycles. The van der Waals surface area contributed by atoms with Crippen molar-refractivity contribution in [3.8, 4) is 0 Å². The molecule has 1 N–H and O–H groups in total. The number of anilines is 1. The zero-order valence-corrected chi connectivity index (χ0v) is 13.4. The fraction of sp³-hybridized carbons (Fsp3) is 0.643. The van der Waals surface area contributed by atoms with Gasteiger partial charge in [-0.1, -0.05) is 26.8 Å². The van der Waals surface area contributed by atoms with Crippen LogP contribution in [0, 0.1) is 0 Å². The predicted octanol–water partition coefficient (Wildman–Crippen LogP) is 2.61. The molecule has 0 bridgehead atoms. The van der Waals surface area contributed by atoms with Gasteiger partial charge in [0, 0.05) is 19.0 Å². The highest BCUT2D eigenvalue weighted by Crippen LogP contribution is 2.22. The second kappa shape index (κ2) is 5.12. The van der Waals surface area contributed by atoms with E-state index in [0.717, 1.165) is 5.56 Å². The third-order valence-corrected chi connectivity index (χ3v) is 5.48. The lowest BCUT2D eigenvalue weighted by molar-refractivity contribution is 0.559. The van der Waals surface area contributed by atoms with E-state index in [1.165, 1.54) is 6.26 Å². The maximum Gasteiger partial charge on any atom is 0.154 e. The SMILES string of the molecule is CC(C)(C)c1ccc(NCC(C)(C)S(C)(=O)=O)nc1. The molecule has 0 amide bonds. The monoisotopic (exact) mass is 284 g/mol. The van der Waals surface area contributed by atoms with Gasteiger partial charge in [-0.05, 0) is 30.9 Å². The molecule has 0 aliphatic heterocycles. The van der Waals surface area contributed by atoms with Gasteiger partial charge in [-0.25, -0.2) is 13.4 Å². The summed E-state index contributed by atoms with van der Waals surface area (Å²) in [5.41, 5.74) is 1.22. The van der Waals surface area contributed by atoms with Crippen LogP contribution in [0.3, 0.4) is 0 Å². The maximum absolute atomic E-state index is 11.6. The Labute approximate surface area is 116 Å². The smallest absolute Gasteiger partial charge is 0.154 e. The second-order valence-electron chi connectivity index (χ2n) is 6.57. The molecule has 0 aromatic carbocycles. The molecule has 0 aliphatic rings. The largest absolute Gasteiger partial charge is 0.369 e. The molecule has 5 heteroatoms. The molecule has 0 atom stereocenters. The van der Waals surface area contributed by atoms with E-state index in [9.17, 15) is 8.42 Å². The van der Waals surface area contributed by atoms with Crippen LogP contribution >= 0.6 is 0 Å². The molecule has 0 fully saturated rings. The molecule has 0 spiro atoms. The summed E-state index contributed by atoms with van der Waals surface area (Å²) in [4.78, 5) is 4.32. The number of nitrogens with one attached hydrogen (secondary N) is 1. The highest BCUT2D eigenvalue weighted by Gasteiger charge is 2.29. The third-order valence-electron chi connectivity index (χ3n) is 3.33. The van der Waals surface area contributed by atoms with Crippen molar-refractivity contribution >= 4 is 15.7 Å². The zero-order valence-electron chi connectivity index (χ0n) is 12.6. The van der Waals surface area contributed by atoms with Crippen LogP contribution in [0.1, 0.15) is 40.2 Å². The average Bonchev–Trinajstić information content (AvgIpc) is 2.24. The van der Waals surface area contributed by atoms with Crippen molar-refractivity contribution in [3.63, 3.8) is 0 Å². The van der Waals surface area contributed by atoms with E-state index >= 15 is 0 Å². The number of pyridine rings is 1. The standard InChI is InChI=1S/C14H24N2O2S/c1-13(2,3)11-7-8-12(15-9-11)16-10-14(4,5)19(6,17)18/h7-9H,10H2,1-6H3,(H,15,16). The fourth-order valence-electron chi connectivity index (χ4n) is 1.38. The lowest BCUT2D eigenvalue weighted by Crippen LogP contribution is -2.38. The first kappa shape index (κ1) is 16.0. The van der Waals surface area contributed by atoms with E-state index < -0.39 is 14.6 Å². The predicted molar refractivity (Wildman–Crippen MR) is 80.3 cm³/mol. The molecule has 0 aliphatic carbocycles. The first-order valence-electron chi connectivity index (χ1n) is 6.33. The maximum atomic E-state index is 11.6. The van der Waals surface area contributed by atoms with Crippen LogP contribution in [0.5, 0.6) is 0 Å². The third kappa shape index (κ3) is 4.20. The summed E-state index contributed by atoms with van der Waals surface area (Å²) in [7, 11) is -3.09. The van der Waals surface area contributed by atoms with E-state index in [4.69, 9.17) is 0 Å². The minimum atomic E-state index is -3.09. The molecule has 1 aromatic rings. The zero-order chi connectivity index (χ0) is 14.9. The summed E-state index contributed by atoms with van der Waals surface area (Å²) in [6.07, 6.45) is 3.08. The topological polar surface area (TPSA) is 59.1 Å². The number of hydrogen-bond acceptors (Lipinski definition) is 4. The highest BCUT2D eigenvalue weighted by molar-refractivity contribution is 7.92. The van der Waals surface area contributed by atoms with Gasteiger partial charge in [0.05, 0.1) is 4.75 Å². The Morgan fingerprint density at radius 2 is 1.74 bits per heavy atom. The van der Waals surface area contributed by atoms with Gasteiger partial charge in [0.1, 0.15) is 5.82 Å². The summed E-state index contributed by atoms with van der Waals surface area (Å²) in [5.74, 6) is 0.699. The van der Waals surface area contributed by atoms with Gasteiger partial charge in [0.15, 0.2) is 9.84 Å². The van der Waals surface area contributed by atoms with E-state index in [2.05, 4.69) is 31.1 Å². The molecule has 1 rings (SSSR count). The molecular formula is C14H24N2O2S. The van der Waals surface area contributed by atoms with E-state index in [1.54, 1.807) is 13.8 Å². The summed E-state index contributed by atoms with van der Waals surface area (Å²) >= 11 is 0. The summed E-state index contributed by atoms with van der Waals surface area (Å²) < 4.78 is 22.4. The Morgan fingerprint density at radius 1 is 1.16 bits per heavy atom. The number of sulfone groups is 1. The van der Waals surface area contributed by atoms with Crippen LogP contribution in [0.15, 0.2) is 18.3 Å². The molecule has 19 heavy (non-hydrogen) atoms. The molecule has 108 valence electrons. The van der Waals surface area contributed by atoms with Crippen molar-refractivity contribution in [3.05, 3.63) is 23.9 Å². The van der Waals surface area contributed by atoms with Crippen molar-refractivity contribution in [2.24, 2.45) is 0 Å². The van der Waals surface area contributed by atoms with Gasteiger partial charge >= 0.3 is 0 Å². The average molecular weight is 284 g/mol. The minimum Gasteiger partial charge on any atom is -0.369 e. The van der Waals surface area contributed by atoms with Gasteiger partial charge in [-0.15, -0.1) is 0 Å². The van der Waals surface area contributed by atoms with E-state index in [0.29, 0.717) is 12.4 Å². The quantitative estimate of drug-likeness (QED) is 0.923. The van der Waals surface area contributed by atoms with Crippen molar-refractivity contribution < 1.29 is 8.42 Å². The van der Waals surface area contributed by atoms with Crippen LogP contribution in [-0.2, 0) is 15.3 Å². The summed E-state index contributed by atoms with van der Waals surface area (Å²) in [5, 5.41) is 3.08. The molecule has 4 nitrogen and oxygen atoms in total. The number of nitrogens with zero attached hydrogens (tertiary/aromatic N) is 1. The molecule has 1 aromatic heterocycles. The molecular weight excluding hydrogens is 260 g/mol. The van der Waals surface area contributed by atoms with Crippen LogP contribution in [0.4, 0.5) is 5.82 Å². The van der Waals surface area contributed by atoms with Gasteiger partial charge in [0.2, 0.25) is 0 Å². The summed E-state index contributed by atoms with van der Waals surface area (Å²) in [6, 6.07) is 3.90. The molecule has 0 unspecified atom stereocenters. The number of hydrogen-bond donors (Lipinski definition) is 1. The lowest BCUT2D eigenvalue weighted by Gasteiger charge is -2.23. The Balaban J connectivity index is 2.76. The molecule has 0 saturated heterocycles. The first-order chi connectivity index (χ1) is 8.43. The minimum absolute atomic E-state index is 0.0670. The number of aromatic nitrogens is 1. The lowest BCUT2D eigenvalue weighted by atomic mass is 9.88. The van der Waals surface area contributed by atoms with Gasteiger partial charge < -0.3 is 5.32 Å². The van der Waals surface area contributed by atoms with E-state index in [1.807, 2.05) is 18.3 Å². The van der Waals surface area contributed by atoms with Gasteiger partial charge in [0.25, 0.3) is 0 Å². The Bertz CT molecular complexity index is 526. The van der Waals surface area contributed by atoms with Crippen LogP contribution < -0.4 is 5.32 Å². The Morgan fingerprint density at radius 3 is 2.11 bits per heavy atom. The van der Waals surface area contributed by atoms with Crippen molar-refractivity contribution in [2.45, 2.75) is 44.8 Å². The van der Waals surface area contributed by atoms with Crippen molar-refractivity contribution in [1.29, 1.82) is 0 Å². The van der Waals surface area contributed by atoms with E-state index in [-0.39, 0.29) is 5.41 Å². The first-order valence-corrected chi connectivity index (χ1v) is 8.23. The van der Waals surface area contributed by atoms with Crippen molar-refractivity contribution in [2.75, 3.05) is 18.1 Å². The second-order valence-corrected chi connectivity index (χ2v) is 9.22. The Hall–Kier alpha value is -1.10.